The lowest BCUT2D eigenvalue weighted by Crippen LogP contribution is -2.20. The number of benzene rings is 1. The number of nitrogens with zero attached hydrogens (tertiary/aromatic N) is 1. The fourth-order valence-corrected chi connectivity index (χ4v) is 3.15. The van der Waals surface area contributed by atoms with E-state index in [9.17, 15) is 4.79 Å². The molecule has 2 atom stereocenters. The summed E-state index contributed by atoms with van der Waals surface area (Å²) in [6, 6.07) is 8.60. The summed E-state index contributed by atoms with van der Waals surface area (Å²) in [6.07, 6.45) is 2.80. The maximum absolute atomic E-state index is 11.3. The van der Waals surface area contributed by atoms with Gasteiger partial charge in [-0.2, -0.15) is 0 Å². The largest absolute Gasteiger partial charge is 0.330 e. The van der Waals surface area contributed by atoms with Gasteiger partial charge in [-0.05, 0) is 31.5 Å². The maximum atomic E-state index is 11.3. The summed E-state index contributed by atoms with van der Waals surface area (Å²) in [6.45, 7) is 1.75. The lowest BCUT2D eigenvalue weighted by atomic mass is 9.94. The van der Waals surface area contributed by atoms with Crippen LogP contribution in [0.3, 0.4) is 0 Å². The summed E-state index contributed by atoms with van der Waals surface area (Å²) in [5, 5.41) is 0. The third kappa shape index (κ3) is 2.30. The number of likely N-dealkylation sites (tertiary alicyclic amines) is 1. The molecular weight excluding hydrogens is 252 g/mol. The Kier molecular flexibility index (Phi) is 3.46. The van der Waals surface area contributed by atoms with E-state index in [1.54, 1.807) is 6.20 Å². The zero-order chi connectivity index (χ0) is 14.1. The van der Waals surface area contributed by atoms with Gasteiger partial charge in [-0.3, -0.25) is 4.90 Å². The summed E-state index contributed by atoms with van der Waals surface area (Å²) in [5.74, 6) is 0.545. The highest BCUT2D eigenvalue weighted by atomic mass is 16.1. The Bertz CT molecular complexity index is 645. The van der Waals surface area contributed by atoms with Crippen LogP contribution in [-0.2, 0) is 0 Å². The van der Waals surface area contributed by atoms with E-state index in [1.165, 1.54) is 5.56 Å². The van der Waals surface area contributed by atoms with E-state index in [-0.39, 0.29) is 5.69 Å². The molecule has 1 aromatic carbocycles. The van der Waals surface area contributed by atoms with Crippen molar-refractivity contribution in [2.24, 2.45) is 11.7 Å². The van der Waals surface area contributed by atoms with E-state index in [4.69, 9.17) is 5.73 Å². The van der Waals surface area contributed by atoms with Gasteiger partial charge in [0.1, 0.15) is 0 Å². The van der Waals surface area contributed by atoms with Crippen molar-refractivity contribution in [2.75, 3.05) is 20.1 Å². The van der Waals surface area contributed by atoms with Crippen LogP contribution in [0.2, 0.25) is 0 Å². The van der Waals surface area contributed by atoms with Gasteiger partial charge in [0.25, 0.3) is 0 Å². The molecule has 2 aromatic rings. The highest BCUT2D eigenvalue weighted by Gasteiger charge is 2.31. The van der Waals surface area contributed by atoms with Gasteiger partial charge in [-0.1, -0.05) is 24.3 Å². The Morgan fingerprint density at radius 3 is 2.85 bits per heavy atom. The topological polar surface area (TPSA) is 77.9 Å². The second-order valence-electron chi connectivity index (χ2n) is 5.54. The molecular formula is C15H20N4O. The van der Waals surface area contributed by atoms with Gasteiger partial charge in [0.2, 0.25) is 0 Å². The zero-order valence-electron chi connectivity index (χ0n) is 11.6. The highest BCUT2D eigenvalue weighted by Crippen LogP contribution is 2.37. The van der Waals surface area contributed by atoms with Crippen LogP contribution < -0.4 is 11.4 Å². The van der Waals surface area contributed by atoms with E-state index >= 15 is 0 Å². The number of hydrogen-bond donors (Lipinski definition) is 3. The minimum Gasteiger partial charge on any atom is -0.330 e. The van der Waals surface area contributed by atoms with Crippen LogP contribution in [0.25, 0.3) is 11.3 Å². The molecule has 0 aliphatic carbocycles. The van der Waals surface area contributed by atoms with Gasteiger partial charge in [0.05, 0.1) is 5.69 Å². The van der Waals surface area contributed by atoms with Crippen LogP contribution in [-0.4, -0.2) is 35.0 Å². The molecule has 0 radical (unpaired) electrons. The molecule has 2 heterocycles. The standard InChI is InChI=1S/C15H20N4O/c1-19-9-10(7-16)6-14(19)12-5-3-2-4-11(12)13-8-17-15(20)18-13/h2-5,8,10,14H,6-7,9,16H2,1H3,(H2,17,18,20). The minimum atomic E-state index is -0.172. The molecule has 3 rings (SSSR count). The van der Waals surface area contributed by atoms with Crippen LogP contribution in [0.1, 0.15) is 18.0 Å². The van der Waals surface area contributed by atoms with E-state index in [0.29, 0.717) is 12.0 Å². The Hall–Kier alpha value is -1.85. The number of imidazole rings is 1. The minimum absolute atomic E-state index is 0.172. The summed E-state index contributed by atoms with van der Waals surface area (Å²) in [7, 11) is 2.14. The number of nitrogens with two attached hydrogens (primary N) is 1. The average Bonchev–Trinajstić information content (AvgIpc) is 3.05. The van der Waals surface area contributed by atoms with Crippen LogP contribution in [0.4, 0.5) is 0 Å². The third-order valence-electron chi connectivity index (χ3n) is 4.17. The Morgan fingerprint density at radius 1 is 1.40 bits per heavy atom. The molecule has 1 aliphatic rings. The van der Waals surface area contributed by atoms with Crippen molar-refractivity contribution in [3.63, 3.8) is 0 Å². The van der Waals surface area contributed by atoms with Gasteiger partial charge in [-0.15, -0.1) is 0 Å². The number of H-pyrrole nitrogens is 2. The van der Waals surface area contributed by atoms with E-state index < -0.39 is 0 Å². The first kappa shape index (κ1) is 13.1. The SMILES string of the molecule is CN1CC(CN)CC1c1ccccc1-c1c[nH]c(=O)[nH]1. The fraction of sp³-hybridized carbons (Fsp3) is 0.400. The Labute approximate surface area is 117 Å². The van der Waals surface area contributed by atoms with Crippen molar-refractivity contribution in [3.8, 4) is 11.3 Å². The normalized spacial score (nSPS) is 23.3. The molecule has 5 heteroatoms. The van der Waals surface area contributed by atoms with Crippen LogP contribution in [0, 0.1) is 5.92 Å². The van der Waals surface area contributed by atoms with Crippen LogP contribution in [0.5, 0.6) is 0 Å². The molecule has 0 amide bonds. The molecule has 106 valence electrons. The molecule has 2 unspecified atom stereocenters. The molecule has 20 heavy (non-hydrogen) atoms. The van der Waals surface area contributed by atoms with Crippen molar-refractivity contribution in [1.82, 2.24) is 14.9 Å². The van der Waals surface area contributed by atoms with Crippen LogP contribution in [0.15, 0.2) is 35.3 Å². The fourth-order valence-electron chi connectivity index (χ4n) is 3.15. The number of nitrogens with one attached hydrogen (secondary N) is 2. The predicted molar refractivity (Wildman–Crippen MR) is 79.4 cm³/mol. The molecule has 4 N–H and O–H groups in total. The van der Waals surface area contributed by atoms with Crippen molar-refractivity contribution >= 4 is 0 Å². The Balaban J connectivity index is 2.00. The van der Waals surface area contributed by atoms with E-state index in [1.807, 2.05) is 12.1 Å². The third-order valence-corrected chi connectivity index (χ3v) is 4.17. The summed E-state index contributed by atoms with van der Waals surface area (Å²) in [4.78, 5) is 19.2. The zero-order valence-corrected chi connectivity index (χ0v) is 11.6. The molecule has 1 fully saturated rings. The summed E-state index contributed by atoms with van der Waals surface area (Å²) in [5.41, 5.74) is 8.82. The smallest absolute Gasteiger partial charge is 0.323 e. The number of aromatic amines is 2. The molecule has 5 nitrogen and oxygen atoms in total. The lowest BCUT2D eigenvalue weighted by Gasteiger charge is -2.22. The summed E-state index contributed by atoms with van der Waals surface area (Å²) >= 11 is 0. The molecule has 0 saturated carbocycles. The van der Waals surface area contributed by atoms with Gasteiger partial charge in [0.15, 0.2) is 0 Å². The Morgan fingerprint density at radius 2 is 2.20 bits per heavy atom. The number of aromatic nitrogens is 2. The van der Waals surface area contributed by atoms with Gasteiger partial charge >= 0.3 is 5.69 Å². The second-order valence-corrected chi connectivity index (χ2v) is 5.54. The maximum Gasteiger partial charge on any atom is 0.323 e. The number of rotatable bonds is 3. The summed E-state index contributed by atoms with van der Waals surface area (Å²) < 4.78 is 0. The van der Waals surface area contributed by atoms with Crippen LogP contribution >= 0.6 is 0 Å². The van der Waals surface area contributed by atoms with Crippen molar-refractivity contribution in [2.45, 2.75) is 12.5 Å². The van der Waals surface area contributed by atoms with Gasteiger partial charge in [-0.25, -0.2) is 4.79 Å². The first-order valence-electron chi connectivity index (χ1n) is 6.96. The van der Waals surface area contributed by atoms with Crippen molar-refractivity contribution in [3.05, 3.63) is 46.5 Å². The lowest BCUT2D eigenvalue weighted by molar-refractivity contribution is 0.314. The van der Waals surface area contributed by atoms with Gasteiger partial charge < -0.3 is 15.7 Å². The van der Waals surface area contributed by atoms with E-state index in [0.717, 1.165) is 30.8 Å². The number of hydrogen-bond acceptors (Lipinski definition) is 3. The molecule has 1 aliphatic heterocycles. The quantitative estimate of drug-likeness (QED) is 0.788. The first-order valence-corrected chi connectivity index (χ1v) is 6.96. The van der Waals surface area contributed by atoms with Crippen molar-refractivity contribution < 1.29 is 0 Å². The molecule has 0 bridgehead atoms. The molecule has 1 saturated heterocycles. The molecule has 1 aromatic heterocycles. The predicted octanol–water partition coefficient (Wildman–Crippen LogP) is 1.32. The monoisotopic (exact) mass is 272 g/mol. The molecule has 0 spiro atoms. The highest BCUT2D eigenvalue weighted by molar-refractivity contribution is 5.63. The second kappa shape index (κ2) is 5.26. The van der Waals surface area contributed by atoms with E-state index in [2.05, 4.69) is 34.0 Å². The average molecular weight is 272 g/mol. The first-order chi connectivity index (χ1) is 9.69. The van der Waals surface area contributed by atoms with Crippen molar-refractivity contribution in [1.29, 1.82) is 0 Å². The van der Waals surface area contributed by atoms with Gasteiger partial charge in [0, 0.05) is 24.3 Å².